The molecule has 0 saturated carbocycles. The van der Waals surface area contributed by atoms with Crippen LogP contribution in [0.15, 0.2) is 59.5 Å². The zero-order chi connectivity index (χ0) is 20.0. The highest BCUT2D eigenvalue weighted by Gasteiger charge is 2.33. The molecule has 3 rings (SSSR count). The first-order valence-electron chi connectivity index (χ1n) is 7.79. The number of aliphatic carboxylic acids is 1. The molecule has 0 aliphatic heterocycles. The fourth-order valence-corrected chi connectivity index (χ4v) is 4.39. The van der Waals surface area contributed by atoms with Crippen LogP contribution in [0, 0.1) is 0 Å². The van der Waals surface area contributed by atoms with Crippen molar-refractivity contribution >= 4 is 26.9 Å². The predicted octanol–water partition coefficient (Wildman–Crippen LogP) is 4.09. The Kier molecular flexibility index (Phi) is 4.51. The van der Waals surface area contributed by atoms with E-state index in [-0.39, 0.29) is 21.5 Å². The van der Waals surface area contributed by atoms with Gasteiger partial charge in [0.1, 0.15) is 0 Å². The summed E-state index contributed by atoms with van der Waals surface area (Å²) in [5.74, 6) is -2.54. The quantitative estimate of drug-likeness (QED) is 0.720. The van der Waals surface area contributed by atoms with Gasteiger partial charge in [0, 0.05) is 11.1 Å². The van der Waals surface area contributed by atoms with Crippen LogP contribution in [0.3, 0.4) is 0 Å². The van der Waals surface area contributed by atoms with Crippen LogP contribution in [0.5, 0.6) is 0 Å². The number of rotatable bonds is 4. The van der Waals surface area contributed by atoms with Crippen molar-refractivity contribution in [1.29, 1.82) is 0 Å². The van der Waals surface area contributed by atoms with Crippen molar-refractivity contribution < 1.29 is 31.5 Å². The Morgan fingerprint density at radius 2 is 1.70 bits per heavy atom. The van der Waals surface area contributed by atoms with Crippen LogP contribution in [0.4, 0.5) is 13.2 Å². The maximum absolute atomic E-state index is 13.1. The van der Waals surface area contributed by atoms with Gasteiger partial charge in [-0.3, -0.25) is 4.79 Å². The summed E-state index contributed by atoms with van der Waals surface area (Å²) in [5.41, 5.74) is -1.37. The Hall–Kier alpha value is -2.81. The smallest absolute Gasteiger partial charge is 0.416 e. The molecule has 3 aromatic rings. The average molecular weight is 397 g/mol. The van der Waals surface area contributed by atoms with Gasteiger partial charge in [0.25, 0.3) is 10.0 Å². The molecule has 0 bridgehead atoms. The monoisotopic (exact) mass is 397 g/mol. The SMILES string of the molecule is CC(C(=O)O)c1cc2ccc(C(F)(F)F)cc2n1S(=O)(=O)c1ccccc1. The summed E-state index contributed by atoms with van der Waals surface area (Å²) in [5, 5.41) is 9.52. The molecule has 1 atom stereocenters. The van der Waals surface area contributed by atoms with E-state index < -0.39 is 33.7 Å². The van der Waals surface area contributed by atoms with Crippen molar-refractivity contribution in [2.24, 2.45) is 0 Å². The predicted molar refractivity (Wildman–Crippen MR) is 92.0 cm³/mol. The minimum Gasteiger partial charge on any atom is -0.481 e. The van der Waals surface area contributed by atoms with Crippen LogP contribution in [0.2, 0.25) is 0 Å². The third-order valence-corrected chi connectivity index (χ3v) is 5.97. The standard InChI is InChI=1S/C18H14F3NO4S/c1-11(17(23)24)15-9-12-7-8-13(18(19,20)21)10-16(12)22(15)27(25,26)14-5-3-2-4-6-14/h2-11H,1H3,(H,23,24). The van der Waals surface area contributed by atoms with Crippen molar-refractivity contribution in [2.45, 2.75) is 23.9 Å². The Bertz CT molecular complexity index is 1120. The molecule has 1 aromatic heterocycles. The van der Waals surface area contributed by atoms with Crippen molar-refractivity contribution in [3.05, 3.63) is 65.9 Å². The highest BCUT2D eigenvalue weighted by molar-refractivity contribution is 7.90. The Balaban J connectivity index is 2.39. The van der Waals surface area contributed by atoms with Gasteiger partial charge in [-0.15, -0.1) is 0 Å². The van der Waals surface area contributed by atoms with E-state index in [0.29, 0.717) is 10.0 Å². The van der Waals surface area contributed by atoms with Gasteiger partial charge < -0.3 is 5.11 Å². The van der Waals surface area contributed by atoms with Crippen molar-refractivity contribution in [3.63, 3.8) is 0 Å². The number of fused-ring (bicyclic) bond motifs is 1. The van der Waals surface area contributed by atoms with Crippen molar-refractivity contribution in [1.82, 2.24) is 3.97 Å². The summed E-state index contributed by atoms with van der Waals surface area (Å²) in [4.78, 5) is 11.3. The summed E-state index contributed by atoms with van der Waals surface area (Å²) in [7, 11) is -4.31. The van der Waals surface area contributed by atoms with E-state index in [1.165, 1.54) is 37.3 Å². The molecule has 0 radical (unpaired) electrons. The summed E-state index contributed by atoms with van der Waals surface area (Å²) >= 11 is 0. The van der Waals surface area contributed by atoms with E-state index in [4.69, 9.17) is 0 Å². The third kappa shape index (κ3) is 3.30. The van der Waals surface area contributed by atoms with Gasteiger partial charge in [-0.25, -0.2) is 12.4 Å². The number of hydrogen-bond donors (Lipinski definition) is 1. The first-order chi connectivity index (χ1) is 12.5. The van der Waals surface area contributed by atoms with Gasteiger partial charge in [-0.1, -0.05) is 24.3 Å². The lowest BCUT2D eigenvalue weighted by molar-refractivity contribution is -0.139. The molecule has 0 aliphatic rings. The molecule has 0 amide bonds. The van der Waals surface area contributed by atoms with Crippen LogP contribution in [0.1, 0.15) is 24.1 Å². The zero-order valence-corrected chi connectivity index (χ0v) is 14.8. The number of carboxylic acids is 1. The summed E-state index contributed by atoms with van der Waals surface area (Å²) in [6, 6.07) is 11.1. The summed E-state index contributed by atoms with van der Waals surface area (Å²) in [6.45, 7) is 1.28. The fourth-order valence-electron chi connectivity index (χ4n) is 2.77. The fraction of sp³-hybridized carbons (Fsp3) is 0.167. The Labute approximate surface area is 152 Å². The second-order valence-corrected chi connectivity index (χ2v) is 7.77. The first-order valence-corrected chi connectivity index (χ1v) is 9.23. The maximum atomic E-state index is 13.1. The third-order valence-electron chi connectivity index (χ3n) is 4.21. The minimum absolute atomic E-state index is 0.124. The van der Waals surface area contributed by atoms with Gasteiger partial charge in [0.15, 0.2) is 0 Å². The number of aromatic nitrogens is 1. The van der Waals surface area contributed by atoms with E-state index in [9.17, 15) is 31.5 Å². The van der Waals surface area contributed by atoms with Crippen molar-refractivity contribution in [2.75, 3.05) is 0 Å². The highest BCUT2D eigenvalue weighted by Crippen LogP contribution is 2.35. The van der Waals surface area contributed by atoms with Gasteiger partial charge in [-0.05, 0) is 37.3 Å². The summed E-state index contributed by atoms with van der Waals surface area (Å²) in [6.07, 6.45) is -4.67. The first kappa shape index (κ1) is 19.0. The Morgan fingerprint density at radius 1 is 1.07 bits per heavy atom. The van der Waals surface area contributed by atoms with Crippen molar-refractivity contribution in [3.8, 4) is 0 Å². The number of benzene rings is 2. The lowest BCUT2D eigenvalue weighted by Gasteiger charge is -2.15. The number of halogens is 3. The number of nitrogens with zero attached hydrogens (tertiary/aromatic N) is 1. The van der Waals surface area contributed by atoms with Crippen LogP contribution in [0.25, 0.3) is 10.9 Å². The number of carboxylic acid groups (broad SMARTS) is 1. The molecule has 1 unspecified atom stereocenters. The lowest BCUT2D eigenvalue weighted by atomic mass is 10.1. The van der Waals surface area contributed by atoms with E-state index in [1.807, 2.05) is 0 Å². The molecule has 0 spiro atoms. The molecule has 142 valence electrons. The molecule has 2 aromatic carbocycles. The van der Waals surface area contributed by atoms with Gasteiger partial charge >= 0.3 is 12.1 Å². The molecule has 9 heteroatoms. The van der Waals surface area contributed by atoms with E-state index in [2.05, 4.69) is 0 Å². The number of alkyl halides is 3. The van der Waals surface area contributed by atoms with Crippen LogP contribution >= 0.6 is 0 Å². The molecule has 1 N–H and O–H groups in total. The molecular weight excluding hydrogens is 383 g/mol. The molecule has 0 saturated heterocycles. The second kappa shape index (κ2) is 6.41. The number of hydrogen-bond acceptors (Lipinski definition) is 3. The van der Waals surface area contributed by atoms with Gasteiger partial charge in [0.05, 0.1) is 21.9 Å². The molecule has 0 fully saturated rings. The largest absolute Gasteiger partial charge is 0.481 e. The van der Waals surface area contributed by atoms with Crippen LogP contribution in [-0.2, 0) is 21.0 Å². The Morgan fingerprint density at radius 3 is 2.26 bits per heavy atom. The van der Waals surface area contributed by atoms with E-state index in [1.54, 1.807) is 6.07 Å². The minimum atomic E-state index is -4.67. The molecule has 0 aliphatic carbocycles. The zero-order valence-electron chi connectivity index (χ0n) is 13.9. The maximum Gasteiger partial charge on any atom is 0.416 e. The molecule has 5 nitrogen and oxygen atoms in total. The normalized spacial score (nSPS) is 13.6. The molecule has 1 heterocycles. The van der Waals surface area contributed by atoms with Gasteiger partial charge in [-0.2, -0.15) is 13.2 Å². The average Bonchev–Trinajstić information content (AvgIpc) is 3.00. The van der Waals surface area contributed by atoms with Crippen LogP contribution in [-0.4, -0.2) is 23.5 Å². The topological polar surface area (TPSA) is 76.4 Å². The highest BCUT2D eigenvalue weighted by atomic mass is 32.2. The summed E-state index contributed by atoms with van der Waals surface area (Å²) < 4.78 is 66.2. The van der Waals surface area contributed by atoms with E-state index in [0.717, 1.165) is 12.1 Å². The van der Waals surface area contributed by atoms with Gasteiger partial charge in [0.2, 0.25) is 0 Å². The molecule has 27 heavy (non-hydrogen) atoms. The molecular formula is C18H14F3NO4S. The second-order valence-electron chi connectivity index (χ2n) is 5.98. The lowest BCUT2D eigenvalue weighted by Crippen LogP contribution is -2.20. The van der Waals surface area contributed by atoms with E-state index >= 15 is 0 Å². The van der Waals surface area contributed by atoms with Crippen LogP contribution < -0.4 is 0 Å². The number of carbonyl (C=O) groups is 1.